The second-order valence-corrected chi connectivity index (χ2v) is 9.90. The summed E-state index contributed by atoms with van der Waals surface area (Å²) in [7, 11) is 2.11. The van der Waals surface area contributed by atoms with Crippen molar-refractivity contribution in [3.8, 4) is 5.75 Å². The SMILES string of the molecule is C=CCN(C)CCCCCOc1ccc(C(=O)N2CCC(N3C(=O)CCc4ccccc43)CC2)cc1. The number of likely N-dealkylation sites (tertiary alicyclic amines) is 1. The number of hydrogen-bond acceptors (Lipinski definition) is 4. The molecule has 0 bridgehead atoms. The molecule has 192 valence electrons. The number of benzene rings is 2. The molecule has 2 aromatic carbocycles. The van der Waals surface area contributed by atoms with Crippen LogP contribution in [-0.4, -0.2) is 67.5 Å². The third-order valence-corrected chi connectivity index (χ3v) is 7.24. The third-order valence-electron chi connectivity index (χ3n) is 7.24. The molecule has 1 saturated heterocycles. The summed E-state index contributed by atoms with van der Waals surface area (Å²) in [5, 5.41) is 0. The van der Waals surface area contributed by atoms with E-state index in [1.165, 1.54) is 5.56 Å². The minimum atomic E-state index is 0.0500. The minimum absolute atomic E-state index is 0.0500. The number of anilines is 1. The largest absolute Gasteiger partial charge is 0.494 e. The number of ether oxygens (including phenoxy) is 1. The van der Waals surface area contributed by atoms with Gasteiger partial charge in [0, 0.05) is 43.3 Å². The predicted molar refractivity (Wildman–Crippen MR) is 145 cm³/mol. The van der Waals surface area contributed by atoms with E-state index in [1.807, 2.05) is 52.3 Å². The first kappa shape index (κ1) is 26.0. The van der Waals surface area contributed by atoms with E-state index in [-0.39, 0.29) is 17.9 Å². The Morgan fingerprint density at radius 3 is 2.56 bits per heavy atom. The molecule has 0 aliphatic carbocycles. The van der Waals surface area contributed by atoms with Gasteiger partial charge in [0.25, 0.3) is 5.91 Å². The molecule has 4 rings (SSSR count). The molecule has 0 aromatic heterocycles. The normalized spacial score (nSPS) is 16.2. The van der Waals surface area contributed by atoms with E-state index in [9.17, 15) is 9.59 Å². The number of carbonyl (C=O) groups excluding carboxylic acids is 2. The van der Waals surface area contributed by atoms with Crippen LogP contribution in [0.5, 0.6) is 5.75 Å². The highest BCUT2D eigenvalue weighted by Crippen LogP contribution is 2.32. The van der Waals surface area contributed by atoms with Gasteiger partial charge in [-0.25, -0.2) is 0 Å². The maximum absolute atomic E-state index is 13.1. The van der Waals surface area contributed by atoms with Crippen LogP contribution >= 0.6 is 0 Å². The summed E-state index contributed by atoms with van der Waals surface area (Å²) in [6.07, 6.45) is 8.21. The third kappa shape index (κ3) is 6.55. The lowest BCUT2D eigenvalue weighted by Crippen LogP contribution is -2.50. The summed E-state index contributed by atoms with van der Waals surface area (Å²) in [5.41, 5.74) is 2.98. The first-order chi connectivity index (χ1) is 17.6. The van der Waals surface area contributed by atoms with E-state index in [0.29, 0.717) is 31.7 Å². The van der Waals surface area contributed by atoms with Crippen LogP contribution in [0, 0.1) is 0 Å². The Hall–Kier alpha value is -3.12. The molecule has 2 aliphatic rings. The number of likely N-dealkylation sites (N-methyl/N-ethyl adjacent to an activating group) is 1. The predicted octanol–water partition coefficient (Wildman–Crippen LogP) is 4.94. The molecule has 0 radical (unpaired) electrons. The van der Waals surface area contributed by atoms with Gasteiger partial charge in [-0.05, 0) is 88.0 Å². The Morgan fingerprint density at radius 2 is 1.81 bits per heavy atom. The van der Waals surface area contributed by atoms with E-state index >= 15 is 0 Å². The van der Waals surface area contributed by atoms with Crippen LogP contribution in [0.4, 0.5) is 5.69 Å². The zero-order valence-corrected chi connectivity index (χ0v) is 21.5. The standard InChI is InChI=1S/C30H39N3O3/c1-3-19-31(2)20-7-4-8-23-36-27-14-11-25(12-15-27)30(35)32-21-17-26(18-22-32)33-28-10-6-5-9-24(28)13-16-29(33)34/h3,5-6,9-12,14-15,26H,1,4,7-8,13,16-23H2,2H3. The minimum Gasteiger partial charge on any atom is -0.494 e. The van der Waals surface area contributed by atoms with Crippen molar-refractivity contribution in [2.24, 2.45) is 0 Å². The molecular formula is C30H39N3O3. The molecule has 0 saturated carbocycles. The maximum atomic E-state index is 13.1. The van der Waals surface area contributed by atoms with Gasteiger partial charge < -0.3 is 19.4 Å². The van der Waals surface area contributed by atoms with Crippen molar-refractivity contribution in [2.45, 2.75) is 51.0 Å². The number of unbranched alkanes of at least 4 members (excludes halogenated alkanes) is 2. The Morgan fingerprint density at radius 1 is 1.06 bits per heavy atom. The van der Waals surface area contributed by atoms with Crippen LogP contribution in [-0.2, 0) is 11.2 Å². The van der Waals surface area contributed by atoms with Gasteiger partial charge in [-0.1, -0.05) is 24.3 Å². The smallest absolute Gasteiger partial charge is 0.253 e. The topological polar surface area (TPSA) is 53.1 Å². The second-order valence-electron chi connectivity index (χ2n) is 9.90. The Bertz CT molecular complexity index is 1030. The molecule has 0 spiro atoms. The molecule has 2 amide bonds. The van der Waals surface area contributed by atoms with Crippen molar-refractivity contribution in [2.75, 3.05) is 44.7 Å². The molecule has 0 unspecified atom stereocenters. The van der Waals surface area contributed by atoms with Gasteiger partial charge in [0.05, 0.1) is 6.61 Å². The molecule has 2 aromatic rings. The molecule has 0 atom stereocenters. The van der Waals surface area contributed by atoms with Gasteiger partial charge in [0.15, 0.2) is 0 Å². The van der Waals surface area contributed by atoms with Crippen LogP contribution in [0.2, 0.25) is 0 Å². The van der Waals surface area contributed by atoms with E-state index in [4.69, 9.17) is 4.74 Å². The molecule has 36 heavy (non-hydrogen) atoms. The van der Waals surface area contributed by atoms with E-state index in [0.717, 1.165) is 63.1 Å². The number of amides is 2. The van der Waals surface area contributed by atoms with Crippen molar-refractivity contribution >= 4 is 17.5 Å². The molecule has 0 N–H and O–H groups in total. The highest BCUT2D eigenvalue weighted by atomic mass is 16.5. The van der Waals surface area contributed by atoms with Crippen molar-refractivity contribution in [3.05, 3.63) is 72.3 Å². The highest BCUT2D eigenvalue weighted by Gasteiger charge is 2.33. The monoisotopic (exact) mass is 489 g/mol. The van der Waals surface area contributed by atoms with Gasteiger partial charge in [-0.3, -0.25) is 9.59 Å². The van der Waals surface area contributed by atoms with E-state index in [2.05, 4.69) is 30.7 Å². The number of hydrogen-bond donors (Lipinski definition) is 0. The molecule has 2 aliphatic heterocycles. The fraction of sp³-hybridized carbons (Fsp3) is 0.467. The number of carbonyl (C=O) groups is 2. The van der Waals surface area contributed by atoms with Crippen molar-refractivity contribution in [3.63, 3.8) is 0 Å². The van der Waals surface area contributed by atoms with Crippen LogP contribution in [0.1, 0.15) is 54.4 Å². The van der Waals surface area contributed by atoms with Crippen molar-refractivity contribution in [1.29, 1.82) is 0 Å². The fourth-order valence-corrected chi connectivity index (χ4v) is 5.22. The van der Waals surface area contributed by atoms with Crippen LogP contribution < -0.4 is 9.64 Å². The first-order valence-electron chi connectivity index (χ1n) is 13.3. The van der Waals surface area contributed by atoms with E-state index < -0.39 is 0 Å². The number of fused-ring (bicyclic) bond motifs is 1. The van der Waals surface area contributed by atoms with E-state index in [1.54, 1.807) is 0 Å². The number of nitrogens with zero attached hydrogens (tertiary/aromatic N) is 3. The first-order valence-corrected chi connectivity index (χ1v) is 13.3. The number of rotatable bonds is 11. The summed E-state index contributed by atoms with van der Waals surface area (Å²) in [5.74, 6) is 1.06. The van der Waals surface area contributed by atoms with Crippen LogP contribution in [0.25, 0.3) is 0 Å². The Kier molecular flexibility index (Phi) is 9.17. The van der Waals surface area contributed by atoms with Crippen molar-refractivity contribution < 1.29 is 14.3 Å². The summed E-state index contributed by atoms with van der Waals surface area (Å²) in [4.78, 5) is 32.0. The number of piperidine rings is 1. The number of para-hydroxylation sites is 1. The zero-order valence-electron chi connectivity index (χ0n) is 21.5. The fourth-order valence-electron chi connectivity index (χ4n) is 5.22. The average molecular weight is 490 g/mol. The van der Waals surface area contributed by atoms with Gasteiger partial charge in [0.2, 0.25) is 5.91 Å². The lowest BCUT2D eigenvalue weighted by Gasteiger charge is -2.41. The summed E-state index contributed by atoms with van der Waals surface area (Å²) < 4.78 is 5.87. The van der Waals surface area contributed by atoms with Gasteiger partial charge >= 0.3 is 0 Å². The quantitative estimate of drug-likeness (QED) is 0.332. The van der Waals surface area contributed by atoms with Crippen LogP contribution in [0.15, 0.2) is 61.2 Å². The second kappa shape index (κ2) is 12.7. The molecular weight excluding hydrogens is 450 g/mol. The Balaban J connectivity index is 1.22. The van der Waals surface area contributed by atoms with Gasteiger partial charge in [-0.15, -0.1) is 6.58 Å². The zero-order chi connectivity index (χ0) is 25.3. The number of aryl methyl sites for hydroxylation is 1. The molecule has 6 heteroatoms. The maximum Gasteiger partial charge on any atom is 0.253 e. The summed E-state index contributed by atoms with van der Waals surface area (Å²) >= 11 is 0. The van der Waals surface area contributed by atoms with Crippen LogP contribution in [0.3, 0.4) is 0 Å². The molecule has 6 nitrogen and oxygen atoms in total. The van der Waals surface area contributed by atoms with Gasteiger partial charge in [0.1, 0.15) is 5.75 Å². The van der Waals surface area contributed by atoms with Gasteiger partial charge in [-0.2, -0.15) is 0 Å². The molecule has 1 fully saturated rings. The lowest BCUT2D eigenvalue weighted by atomic mass is 9.95. The summed E-state index contributed by atoms with van der Waals surface area (Å²) in [6, 6.07) is 15.9. The highest BCUT2D eigenvalue weighted by molar-refractivity contribution is 5.97. The van der Waals surface area contributed by atoms with Crippen molar-refractivity contribution in [1.82, 2.24) is 9.80 Å². The Labute approximate surface area is 215 Å². The summed E-state index contributed by atoms with van der Waals surface area (Å²) in [6.45, 7) is 7.77. The average Bonchev–Trinajstić information content (AvgIpc) is 2.91. The lowest BCUT2D eigenvalue weighted by molar-refractivity contribution is -0.119. The molecule has 2 heterocycles.